The molecule has 144 valence electrons. The highest BCUT2D eigenvalue weighted by Gasteiger charge is 2.25. The van der Waals surface area contributed by atoms with Gasteiger partial charge in [0.25, 0.3) is 0 Å². The van der Waals surface area contributed by atoms with Crippen LogP contribution in [0.4, 0.5) is 0 Å². The van der Waals surface area contributed by atoms with Gasteiger partial charge < -0.3 is 9.38 Å². The van der Waals surface area contributed by atoms with E-state index < -0.39 is 0 Å². The Bertz CT molecular complexity index is 265. The largest absolute Gasteiger partial charge is 0.326 e. The molecule has 0 aliphatic carbocycles. The first kappa shape index (κ1) is 22.0. The van der Waals surface area contributed by atoms with Gasteiger partial charge in [-0.05, 0) is 51.7 Å². The second-order valence-corrected chi connectivity index (χ2v) is 8.52. The van der Waals surface area contributed by atoms with Crippen molar-refractivity contribution < 1.29 is 4.48 Å². The van der Waals surface area contributed by atoms with Crippen LogP contribution in [-0.4, -0.2) is 55.7 Å². The first-order chi connectivity index (χ1) is 11.7. The van der Waals surface area contributed by atoms with Gasteiger partial charge in [-0.1, -0.05) is 52.4 Å². The lowest BCUT2D eigenvalue weighted by Gasteiger charge is -2.29. The third kappa shape index (κ3) is 10.7. The Morgan fingerprint density at radius 1 is 0.667 bits per heavy atom. The summed E-state index contributed by atoms with van der Waals surface area (Å²) >= 11 is 0. The van der Waals surface area contributed by atoms with Gasteiger partial charge in [-0.25, -0.2) is 0 Å². The Kier molecular flexibility index (Phi) is 12.9. The molecule has 0 atom stereocenters. The molecule has 2 saturated heterocycles. The number of quaternary nitrogens is 1. The summed E-state index contributed by atoms with van der Waals surface area (Å²) < 4.78 is 1.36. The Morgan fingerprint density at radius 3 is 1.79 bits per heavy atom. The molecule has 2 heteroatoms. The number of rotatable bonds is 11. The fourth-order valence-corrected chi connectivity index (χ4v) is 4.19. The molecule has 2 fully saturated rings. The van der Waals surface area contributed by atoms with Gasteiger partial charge >= 0.3 is 0 Å². The van der Waals surface area contributed by atoms with Crippen LogP contribution in [-0.2, 0) is 0 Å². The summed E-state index contributed by atoms with van der Waals surface area (Å²) in [5, 5.41) is 0. The van der Waals surface area contributed by atoms with Gasteiger partial charge in [0.2, 0.25) is 0 Å². The van der Waals surface area contributed by atoms with Crippen molar-refractivity contribution in [3.8, 4) is 0 Å². The second-order valence-electron chi connectivity index (χ2n) is 8.52. The number of hydrogen-bond donors (Lipinski definition) is 0. The van der Waals surface area contributed by atoms with Crippen LogP contribution in [0.3, 0.4) is 0 Å². The van der Waals surface area contributed by atoms with Gasteiger partial charge in [0.05, 0.1) is 26.7 Å². The molecule has 2 nitrogen and oxygen atoms in total. The molecule has 0 spiro atoms. The first-order valence-corrected chi connectivity index (χ1v) is 11.3. The zero-order valence-corrected chi connectivity index (χ0v) is 17.3. The van der Waals surface area contributed by atoms with Crippen LogP contribution in [0.5, 0.6) is 0 Å². The standard InChI is InChI=1S/C11H24N.C11H23N/c1-3-4-5-6-9-12(2)10-7-8-11-12;1-2-3-4-5-6-9-12-10-7-8-11-12/h3-11H2,1-2H3;2-11H2,1H3/q+1;. The summed E-state index contributed by atoms with van der Waals surface area (Å²) in [6.07, 6.45) is 18.6. The van der Waals surface area contributed by atoms with Crippen molar-refractivity contribution in [1.29, 1.82) is 0 Å². The molecule has 2 rings (SSSR count). The van der Waals surface area contributed by atoms with Crippen LogP contribution < -0.4 is 0 Å². The Morgan fingerprint density at radius 2 is 1.21 bits per heavy atom. The quantitative estimate of drug-likeness (QED) is 0.336. The van der Waals surface area contributed by atoms with Gasteiger partial charge in [0, 0.05) is 12.8 Å². The van der Waals surface area contributed by atoms with Gasteiger partial charge in [0.15, 0.2) is 0 Å². The molecule has 0 N–H and O–H groups in total. The number of likely N-dealkylation sites (tertiary alicyclic amines) is 2. The fraction of sp³-hybridized carbons (Fsp3) is 1.00. The summed E-state index contributed by atoms with van der Waals surface area (Å²) in [4.78, 5) is 2.62. The van der Waals surface area contributed by atoms with Gasteiger partial charge in [-0.2, -0.15) is 0 Å². The Balaban J connectivity index is 0.000000240. The summed E-state index contributed by atoms with van der Waals surface area (Å²) in [5.41, 5.74) is 0. The van der Waals surface area contributed by atoms with Crippen LogP contribution in [0.15, 0.2) is 0 Å². The van der Waals surface area contributed by atoms with Crippen molar-refractivity contribution in [3.05, 3.63) is 0 Å². The highest BCUT2D eigenvalue weighted by atomic mass is 15.3. The molecular formula is C22H47N2+. The molecule has 24 heavy (non-hydrogen) atoms. The lowest BCUT2D eigenvalue weighted by Crippen LogP contribution is -2.41. The lowest BCUT2D eigenvalue weighted by atomic mass is 10.1. The second kappa shape index (κ2) is 14.1. The average Bonchev–Trinajstić information content (AvgIpc) is 3.24. The minimum absolute atomic E-state index is 1.36. The van der Waals surface area contributed by atoms with Crippen molar-refractivity contribution in [2.75, 3.05) is 46.3 Å². The predicted octanol–water partition coefficient (Wildman–Crippen LogP) is 5.86. The first-order valence-electron chi connectivity index (χ1n) is 11.3. The van der Waals surface area contributed by atoms with Crippen LogP contribution in [0.1, 0.15) is 97.3 Å². The van der Waals surface area contributed by atoms with E-state index in [1.807, 2.05) is 0 Å². The smallest absolute Gasteiger partial charge is 0.0786 e. The third-order valence-corrected chi connectivity index (χ3v) is 5.97. The molecule has 2 aliphatic rings. The fourth-order valence-electron chi connectivity index (χ4n) is 4.19. The van der Waals surface area contributed by atoms with Crippen molar-refractivity contribution in [2.24, 2.45) is 0 Å². The zero-order valence-electron chi connectivity index (χ0n) is 17.3. The van der Waals surface area contributed by atoms with Crippen molar-refractivity contribution in [2.45, 2.75) is 97.3 Å². The Labute approximate surface area is 153 Å². The number of nitrogens with zero attached hydrogens (tertiary/aromatic N) is 2. The number of hydrogen-bond acceptors (Lipinski definition) is 1. The van der Waals surface area contributed by atoms with E-state index in [1.165, 1.54) is 127 Å². The summed E-state index contributed by atoms with van der Waals surface area (Å²) in [5.74, 6) is 0. The third-order valence-electron chi connectivity index (χ3n) is 5.97. The van der Waals surface area contributed by atoms with Crippen LogP contribution in [0, 0.1) is 0 Å². The molecule has 0 bridgehead atoms. The van der Waals surface area contributed by atoms with E-state index in [1.54, 1.807) is 0 Å². The maximum absolute atomic E-state index is 2.62. The summed E-state index contributed by atoms with van der Waals surface area (Å²) in [6, 6.07) is 0. The van der Waals surface area contributed by atoms with Crippen LogP contribution in [0.2, 0.25) is 0 Å². The Hall–Kier alpha value is -0.0800. The normalized spacial score (nSPS) is 20.1. The summed E-state index contributed by atoms with van der Waals surface area (Å²) in [6.45, 7) is 13.0. The SMILES string of the molecule is CCCCCCCN1CCCC1.CCCCCC[N+]1(C)CCCC1. The molecule has 0 radical (unpaired) electrons. The molecule has 0 aromatic heterocycles. The predicted molar refractivity (Wildman–Crippen MR) is 109 cm³/mol. The molecule has 0 saturated carbocycles. The van der Waals surface area contributed by atoms with Crippen LogP contribution in [0.25, 0.3) is 0 Å². The average molecular weight is 340 g/mol. The monoisotopic (exact) mass is 339 g/mol. The van der Waals surface area contributed by atoms with Gasteiger partial charge in [-0.15, -0.1) is 0 Å². The molecular weight excluding hydrogens is 292 g/mol. The minimum atomic E-state index is 1.36. The van der Waals surface area contributed by atoms with E-state index in [0.29, 0.717) is 0 Å². The van der Waals surface area contributed by atoms with Crippen LogP contribution >= 0.6 is 0 Å². The highest BCUT2D eigenvalue weighted by molar-refractivity contribution is 4.65. The molecule has 0 aromatic rings. The highest BCUT2D eigenvalue weighted by Crippen LogP contribution is 2.17. The maximum atomic E-state index is 2.62. The van der Waals surface area contributed by atoms with Gasteiger partial charge in [-0.3, -0.25) is 0 Å². The summed E-state index contributed by atoms with van der Waals surface area (Å²) in [7, 11) is 2.43. The molecule has 2 aliphatic heterocycles. The maximum Gasteiger partial charge on any atom is 0.0786 e. The molecule has 2 heterocycles. The number of unbranched alkanes of at least 4 members (excludes halogenated alkanes) is 7. The van der Waals surface area contributed by atoms with E-state index in [9.17, 15) is 0 Å². The topological polar surface area (TPSA) is 3.24 Å². The van der Waals surface area contributed by atoms with Gasteiger partial charge in [0.1, 0.15) is 0 Å². The van der Waals surface area contributed by atoms with Crippen molar-refractivity contribution >= 4 is 0 Å². The zero-order chi connectivity index (χ0) is 17.5. The minimum Gasteiger partial charge on any atom is -0.326 e. The van der Waals surface area contributed by atoms with E-state index >= 15 is 0 Å². The van der Waals surface area contributed by atoms with E-state index in [-0.39, 0.29) is 0 Å². The molecule has 0 aromatic carbocycles. The van der Waals surface area contributed by atoms with Crippen molar-refractivity contribution in [1.82, 2.24) is 4.90 Å². The van der Waals surface area contributed by atoms with E-state index in [2.05, 4.69) is 25.8 Å². The van der Waals surface area contributed by atoms with E-state index in [0.717, 1.165) is 0 Å². The van der Waals surface area contributed by atoms with E-state index in [4.69, 9.17) is 0 Å². The molecule has 0 amide bonds. The van der Waals surface area contributed by atoms with Crippen molar-refractivity contribution in [3.63, 3.8) is 0 Å². The molecule has 0 unspecified atom stereocenters. The lowest BCUT2D eigenvalue weighted by molar-refractivity contribution is -0.897.